The topological polar surface area (TPSA) is 98.7 Å². The molecule has 2 saturated carbocycles. The van der Waals surface area contributed by atoms with Gasteiger partial charge in [0.15, 0.2) is 0 Å². The van der Waals surface area contributed by atoms with E-state index in [1.54, 1.807) is 11.8 Å². The third-order valence-corrected chi connectivity index (χ3v) is 5.54. The summed E-state index contributed by atoms with van der Waals surface area (Å²) in [6.45, 7) is 2.76. The van der Waals surface area contributed by atoms with E-state index in [0.29, 0.717) is 11.3 Å². The molecule has 2 aliphatic rings. The Labute approximate surface area is 128 Å². The Kier molecular flexibility index (Phi) is 4.17. The monoisotopic (exact) mass is 310 g/mol. The van der Waals surface area contributed by atoms with Crippen LogP contribution < -0.4 is 11.1 Å². The Balaban J connectivity index is 1.70. The lowest BCUT2D eigenvalue weighted by molar-refractivity contribution is -0.125. The predicted octanol–water partition coefficient (Wildman–Crippen LogP) is 0.876. The smallest absolute Gasteiger partial charge is 0.237 e. The molecule has 0 radical (unpaired) electrons. The summed E-state index contributed by atoms with van der Waals surface area (Å²) in [6, 6.07) is 0.473. The fraction of sp³-hybridized carbons (Fsp3) is 0.846. The fourth-order valence-electron chi connectivity index (χ4n) is 3.10. The maximum Gasteiger partial charge on any atom is 0.237 e. The Hall–Kier alpha value is -1.15. The van der Waals surface area contributed by atoms with Gasteiger partial charge in [-0.25, -0.2) is 4.68 Å². The van der Waals surface area contributed by atoms with E-state index in [1.165, 1.54) is 0 Å². The van der Waals surface area contributed by atoms with Gasteiger partial charge in [0, 0.05) is 5.25 Å². The third-order valence-electron chi connectivity index (χ3n) is 4.32. The molecule has 7 nitrogen and oxygen atoms in total. The molecule has 3 N–H and O–H groups in total. The largest absolute Gasteiger partial charge is 0.368 e. The summed E-state index contributed by atoms with van der Waals surface area (Å²) in [5.41, 5.74) is 5.09. The summed E-state index contributed by atoms with van der Waals surface area (Å²) in [5, 5.41) is 16.5. The van der Waals surface area contributed by atoms with Crippen LogP contribution in [0.5, 0.6) is 0 Å². The van der Waals surface area contributed by atoms with Gasteiger partial charge in [-0.1, -0.05) is 18.7 Å². The number of nitrogens with two attached hydrogens (primary N) is 1. The number of rotatable bonds is 6. The molecule has 0 aliphatic heterocycles. The molecule has 2 aliphatic carbocycles. The van der Waals surface area contributed by atoms with Gasteiger partial charge in [-0.2, -0.15) is 0 Å². The lowest BCUT2D eigenvalue weighted by atomic mass is 9.80. The molecule has 3 rings (SSSR count). The first kappa shape index (κ1) is 14.8. The van der Waals surface area contributed by atoms with E-state index in [4.69, 9.17) is 5.73 Å². The van der Waals surface area contributed by atoms with Gasteiger partial charge in [0.1, 0.15) is 0 Å². The molecule has 1 heterocycles. The number of hydrogen-bond acceptors (Lipinski definition) is 6. The molecule has 116 valence electrons. The van der Waals surface area contributed by atoms with E-state index >= 15 is 0 Å². The average molecular weight is 310 g/mol. The molecular formula is C13H22N6OS. The number of likely N-dealkylation sites (N-methyl/N-ethyl adjacent to an activating group) is 1. The van der Waals surface area contributed by atoms with Crippen molar-refractivity contribution in [3.8, 4) is 0 Å². The van der Waals surface area contributed by atoms with Crippen LogP contribution in [-0.2, 0) is 4.79 Å². The fourth-order valence-corrected chi connectivity index (χ4v) is 4.42. The van der Waals surface area contributed by atoms with Gasteiger partial charge < -0.3 is 11.1 Å². The maximum atomic E-state index is 11.9. The van der Waals surface area contributed by atoms with Crippen molar-refractivity contribution in [1.29, 1.82) is 0 Å². The minimum Gasteiger partial charge on any atom is -0.368 e. The summed E-state index contributed by atoms with van der Waals surface area (Å²) in [4.78, 5) is 11.9. The van der Waals surface area contributed by atoms with Gasteiger partial charge in [0.05, 0.1) is 11.6 Å². The molecule has 21 heavy (non-hydrogen) atoms. The molecule has 0 spiro atoms. The van der Waals surface area contributed by atoms with Gasteiger partial charge in [-0.15, -0.1) is 5.10 Å². The van der Waals surface area contributed by atoms with Crippen LogP contribution in [0.15, 0.2) is 5.16 Å². The number of primary amides is 1. The van der Waals surface area contributed by atoms with Gasteiger partial charge in [-0.3, -0.25) is 4.79 Å². The molecule has 2 atom stereocenters. The summed E-state index contributed by atoms with van der Waals surface area (Å²) in [6.07, 6.45) is 5.96. The van der Waals surface area contributed by atoms with Crippen molar-refractivity contribution in [1.82, 2.24) is 25.5 Å². The number of aromatic nitrogens is 4. The van der Waals surface area contributed by atoms with Crippen molar-refractivity contribution in [2.24, 2.45) is 5.73 Å². The molecule has 8 heteroatoms. The number of tetrazole rings is 1. The Morgan fingerprint density at radius 2 is 2.33 bits per heavy atom. The Bertz CT molecular complexity index is 513. The number of nitrogens with one attached hydrogen (secondary N) is 1. The van der Waals surface area contributed by atoms with E-state index in [0.717, 1.165) is 50.2 Å². The molecule has 1 amide bonds. The SMILES string of the molecule is CCNC1(C(N)=O)CCCC(Sc2nnnn2C2CC2)C1. The first-order valence-corrected chi connectivity index (χ1v) is 8.52. The third kappa shape index (κ3) is 3.06. The number of thioether (sulfide) groups is 1. The second-order valence-electron chi connectivity index (χ2n) is 5.95. The second kappa shape index (κ2) is 5.92. The quantitative estimate of drug-likeness (QED) is 0.809. The number of amides is 1. The molecule has 1 aromatic heterocycles. The van der Waals surface area contributed by atoms with Gasteiger partial charge in [0.2, 0.25) is 11.1 Å². The molecule has 0 aromatic carbocycles. The van der Waals surface area contributed by atoms with E-state index in [1.807, 2.05) is 11.6 Å². The van der Waals surface area contributed by atoms with Crippen molar-refractivity contribution in [2.75, 3.05) is 6.54 Å². The highest BCUT2D eigenvalue weighted by atomic mass is 32.2. The molecular weight excluding hydrogens is 288 g/mol. The summed E-state index contributed by atoms with van der Waals surface area (Å²) < 4.78 is 1.93. The minimum absolute atomic E-state index is 0.239. The van der Waals surface area contributed by atoms with Crippen molar-refractivity contribution in [3.05, 3.63) is 0 Å². The lowest BCUT2D eigenvalue weighted by Crippen LogP contribution is -2.58. The van der Waals surface area contributed by atoms with Crippen molar-refractivity contribution in [3.63, 3.8) is 0 Å². The van der Waals surface area contributed by atoms with Crippen molar-refractivity contribution in [2.45, 2.75) is 67.4 Å². The number of carbonyl (C=O) groups excluding carboxylic acids is 1. The van der Waals surface area contributed by atoms with Crippen LogP contribution in [0, 0.1) is 0 Å². The predicted molar refractivity (Wildman–Crippen MR) is 79.8 cm³/mol. The highest BCUT2D eigenvalue weighted by Gasteiger charge is 2.41. The van der Waals surface area contributed by atoms with Crippen LogP contribution in [0.2, 0.25) is 0 Å². The summed E-state index contributed by atoms with van der Waals surface area (Å²) in [7, 11) is 0. The van der Waals surface area contributed by atoms with Crippen LogP contribution in [0.4, 0.5) is 0 Å². The highest BCUT2D eigenvalue weighted by molar-refractivity contribution is 7.99. The zero-order valence-corrected chi connectivity index (χ0v) is 13.1. The highest BCUT2D eigenvalue weighted by Crippen LogP contribution is 2.41. The zero-order chi connectivity index (χ0) is 14.9. The lowest BCUT2D eigenvalue weighted by Gasteiger charge is -2.38. The number of nitrogens with zero attached hydrogens (tertiary/aromatic N) is 4. The normalized spacial score (nSPS) is 29.5. The number of carbonyl (C=O) groups is 1. The Morgan fingerprint density at radius 3 is 3.00 bits per heavy atom. The van der Waals surface area contributed by atoms with Gasteiger partial charge >= 0.3 is 0 Å². The zero-order valence-electron chi connectivity index (χ0n) is 12.3. The number of hydrogen-bond donors (Lipinski definition) is 2. The van der Waals surface area contributed by atoms with Crippen LogP contribution in [0.3, 0.4) is 0 Å². The van der Waals surface area contributed by atoms with Gasteiger partial charge in [0.25, 0.3) is 0 Å². The molecule has 0 bridgehead atoms. The summed E-state index contributed by atoms with van der Waals surface area (Å²) >= 11 is 1.69. The average Bonchev–Trinajstić information content (AvgIpc) is 3.20. The second-order valence-corrected chi connectivity index (χ2v) is 7.22. The van der Waals surface area contributed by atoms with Gasteiger partial charge in [-0.05, 0) is 55.5 Å². The molecule has 2 unspecified atom stereocenters. The molecule has 2 fully saturated rings. The van der Waals surface area contributed by atoms with Crippen molar-refractivity contribution < 1.29 is 4.79 Å². The molecule has 0 saturated heterocycles. The van der Waals surface area contributed by atoms with E-state index < -0.39 is 5.54 Å². The summed E-state index contributed by atoms with van der Waals surface area (Å²) in [5.74, 6) is -0.239. The first-order chi connectivity index (χ1) is 10.1. The van der Waals surface area contributed by atoms with Crippen molar-refractivity contribution >= 4 is 17.7 Å². The van der Waals surface area contributed by atoms with E-state index in [2.05, 4.69) is 20.8 Å². The van der Waals surface area contributed by atoms with E-state index in [9.17, 15) is 4.79 Å². The standard InChI is InChI=1S/C13H22N6OS/c1-2-15-13(11(14)20)7-3-4-10(8-13)21-12-16-17-18-19(12)9-5-6-9/h9-10,15H,2-8H2,1H3,(H2,14,20). The van der Waals surface area contributed by atoms with E-state index in [-0.39, 0.29) is 5.91 Å². The van der Waals surface area contributed by atoms with Crippen LogP contribution in [0.1, 0.15) is 51.5 Å². The minimum atomic E-state index is -0.567. The Morgan fingerprint density at radius 1 is 1.52 bits per heavy atom. The first-order valence-electron chi connectivity index (χ1n) is 7.64. The maximum absolute atomic E-state index is 11.9. The van der Waals surface area contributed by atoms with Crippen LogP contribution >= 0.6 is 11.8 Å². The van der Waals surface area contributed by atoms with Crippen LogP contribution in [0.25, 0.3) is 0 Å². The molecule has 1 aromatic rings. The van der Waals surface area contributed by atoms with Crippen LogP contribution in [-0.4, -0.2) is 43.4 Å².